The molecule has 30 heavy (non-hydrogen) atoms. The lowest BCUT2D eigenvalue weighted by Gasteiger charge is -2.14. The number of hydrogen-bond acceptors (Lipinski definition) is 4. The van der Waals surface area contributed by atoms with Crippen molar-refractivity contribution in [2.75, 3.05) is 11.5 Å². The van der Waals surface area contributed by atoms with Crippen LogP contribution in [0.5, 0.6) is 0 Å². The van der Waals surface area contributed by atoms with Crippen molar-refractivity contribution in [2.45, 2.75) is 0 Å². The fourth-order valence-corrected chi connectivity index (χ4v) is 3.46. The van der Waals surface area contributed by atoms with E-state index in [1.807, 2.05) is 30.3 Å². The number of hydrogen-bond donors (Lipinski definition) is 2. The van der Waals surface area contributed by atoms with Gasteiger partial charge in [-0.2, -0.15) is 0 Å². The van der Waals surface area contributed by atoms with Gasteiger partial charge in [0.05, 0.1) is 11.3 Å². The van der Waals surface area contributed by atoms with E-state index in [1.165, 1.54) is 0 Å². The summed E-state index contributed by atoms with van der Waals surface area (Å²) in [5, 5.41) is 0. The molecular formula is C26H20N2O2. The predicted octanol–water partition coefficient (Wildman–Crippen LogP) is 4.98. The van der Waals surface area contributed by atoms with Gasteiger partial charge in [-0.15, -0.1) is 0 Å². The van der Waals surface area contributed by atoms with Crippen LogP contribution in [0.1, 0.15) is 31.8 Å². The third-order valence-electron chi connectivity index (χ3n) is 5.01. The standard InChI is InChI=1S/C26H20N2O2/c27-22-15-14-21(24(28)23(22)26(30)18-10-5-2-6-11-18)19-12-7-13-20(16-19)25(29)17-8-3-1-4-9-17/h1-16H,27-28H2. The van der Waals surface area contributed by atoms with Gasteiger partial charge in [-0.05, 0) is 17.7 Å². The molecule has 0 aromatic heterocycles. The van der Waals surface area contributed by atoms with Crippen LogP contribution in [0.25, 0.3) is 11.1 Å². The normalized spacial score (nSPS) is 10.5. The summed E-state index contributed by atoms with van der Waals surface area (Å²) in [4.78, 5) is 25.8. The Kier molecular flexibility index (Phi) is 5.14. The van der Waals surface area contributed by atoms with Gasteiger partial charge in [0.2, 0.25) is 0 Å². The topological polar surface area (TPSA) is 86.2 Å². The number of carbonyl (C=O) groups excluding carboxylic acids is 2. The second-order valence-electron chi connectivity index (χ2n) is 6.96. The number of ketones is 2. The molecule has 146 valence electrons. The van der Waals surface area contributed by atoms with Gasteiger partial charge in [-0.25, -0.2) is 0 Å². The summed E-state index contributed by atoms with van der Waals surface area (Å²) in [6.45, 7) is 0. The zero-order chi connectivity index (χ0) is 21.1. The van der Waals surface area contributed by atoms with Crippen LogP contribution in [0.3, 0.4) is 0 Å². The summed E-state index contributed by atoms with van der Waals surface area (Å²) in [5.74, 6) is -0.309. The molecule has 0 aliphatic carbocycles. The Hall–Kier alpha value is -4.18. The van der Waals surface area contributed by atoms with Gasteiger partial charge in [-0.1, -0.05) is 84.9 Å². The van der Waals surface area contributed by atoms with Crippen molar-refractivity contribution in [3.8, 4) is 11.1 Å². The molecule has 4 nitrogen and oxygen atoms in total. The van der Waals surface area contributed by atoms with E-state index in [0.717, 1.165) is 5.56 Å². The van der Waals surface area contributed by atoms with Gasteiger partial charge in [0.15, 0.2) is 11.6 Å². The molecule has 0 unspecified atom stereocenters. The average Bonchev–Trinajstić information content (AvgIpc) is 2.80. The first-order chi connectivity index (χ1) is 14.6. The van der Waals surface area contributed by atoms with Crippen molar-refractivity contribution >= 4 is 22.9 Å². The Morgan fingerprint density at radius 1 is 0.567 bits per heavy atom. The summed E-state index contributed by atoms with van der Waals surface area (Å²) in [6.07, 6.45) is 0. The first-order valence-electron chi connectivity index (χ1n) is 9.54. The molecule has 4 rings (SSSR count). The third kappa shape index (κ3) is 3.59. The highest BCUT2D eigenvalue weighted by atomic mass is 16.1. The Bertz CT molecular complexity index is 1230. The molecule has 0 heterocycles. The Balaban J connectivity index is 1.77. The Morgan fingerprint density at radius 2 is 1.13 bits per heavy atom. The van der Waals surface area contributed by atoms with Crippen molar-refractivity contribution in [3.05, 3.63) is 119 Å². The van der Waals surface area contributed by atoms with Crippen LogP contribution in [0.4, 0.5) is 11.4 Å². The maximum Gasteiger partial charge on any atom is 0.197 e. The monoisotopic (exact) mass is 392 g/mol. The molecule has 4 aromatic rings. The van der Waals surface area contributed by atoms with E-state index in [9.17, 15) is 9.59 Å². The van der Waals surface area contributed by atoms with Crippen molar-refractivity contribution in [2.24, 2.45) is 0 Å². The summed E-state index contributed by atoms with van der Waals surface area (Å²) < 4.78 is 0. The Morgan fingerprint density at radius 3 is 1.77 bits per heavy atom. The third-order valence-corrected chi connectivity index (χ3v) is 5.01. The summed E-state index contributed by atoms with van der Waals surface area (Å²) in [5.41, 5.74) is 16.5. The molecule has 0 aliphatic rings. The fourth-order valence-electron chi connectivity index (χ4n) is 3.46. The number of nitrogen functional groups attached to an aromatic ring is 2. The summed E-state index contributed by atoms with van der Waals surface area (Å²) >= 11 is 0. The van der Waals surface area contributed by atoms with E-state index in [0.29, 0.717) is 33.6 Å². The highest BCUT2D eigenvalue weighted by Crippen LogP contribution is 2.34. The molecule has 4 aromatic carbocycles. The maximum absolute atomic E-state index is 13.0. The lowest BCUT2D eigenvalue weighted by Crippen LogP contribution is -2.10. The second-order valence-corrected chi connectivity index (χ2v) is 6.96. The lowest BCUT2D eigenvalue weighted by atomic mass is 9.92. The fraction of sp³-hybridized carbons (Fsp3) is 0. The molecule has 0 spiro atoms. The van der Waals surface area contributed by atoms with Gasteiger partial charge in [0.25, 0.3) is 0 Å². The number of nitrogens with two attached hydrogens (primary N) is 2. The van der Waals surface area contributed by atoms with Crippen LogP contribution in [0, 0.1) is 0 Å². The number of benzene rings is 4. The number of rotatable bonds is 5. The SMILES string of the molecule is Nc1ccc(-c2cccc(C(=O)c3ccccc3)c2)c(N)c1C(=O)c1ccccc1. The highest BCUT2D eigenvalue weighted by molar-refractivity contribution is 6.17. The molecule has 0 fully saturated rings. The molecule has 0 amide bonds. The van der Waals surface area contributed by atoms with Crippen molar-refractivity contribution in [1.82, 2.24) is 0 Å². The van der Waals surface area contributed by atoms with E-state index < -0.39 is 0 Å². The van der Waals surface area contributed by atoms with E-state index in [4.69, 9.17) is 11.5 Å². The van der Waals surface area contributed by atoms with Crippen LogP contribution in [0.2, 0.25) is 0 Å². The first kappa shape index (κ1) is 19.2. The van der Waals surface area contributed by atoms with Crippen molar-refractivity contribution in [1.29, 1.82) is 0 Å². The zero-order valence-corrected chi connectivity index (χ0v) is 16.2. The molecule has 0 radical (unpaired) electrons. The number of carbonyl (C=O) groups is 2. The molecule has 0 saturated carbocycles. The summed E-state index contributed by atoms with van der Waals surface area (Å²) in [6, 6.07) is 28.6. The first-order valence-corrected chi connectivity index (χ1v) is 9.54. The van der Waals surface area contributed by atoms with Gasteiger partial charge >= 0.3 is 0 Å². The quantitative estimate of drug-likeness (QED) is 0.370. The molecule has 0 bridgehead atoms. The average molecular weight is 392 g/mol. The van der Waals surface area contributed by atoms with Crippen LogP contribution in [-0.4, -0.2) is 11.6 Å². The molecule has 4 N–H and O–H groups in total. The van der Waals surface area contributed by atoms with Crippen LogP contribution >= 0.6 is 0 Å². The molecule has 0 aliphatic heterocycles. The van der Waals surface area contributed by atoms with E-state index in [1.54, 1.807) is 66.7 Å². The molecule has 0 atom stereocenters. The minimum atomic E-state index is -0.232. The number of anilines is 2. The van der Waals surface area contributed by atoms with E-state index >= 15 is 0 Å². The van der Waals surface area contributed by atoms with Crippen LogP contribution in [-0.2, 0) is 0 Å². The van der Waals surface area contributed by atoms with Crippen LogP contribution < -0.4 is 11.5 Å². The van der Waals surface area contributed by atoms with E-state index in [2.05, 4.69) is 0 Å². The van der Waals surface area contributed by atoms with E-state index in [-0.39, 0.29) is 17.1 Å². The Labute approximate surface area is 174 Å². The molecule has 0 saturated heterocycles. The predicted molar refractivity (Wildman–Crippen MR) is 120 cm³/mol. The zero-order valence-electron chi connectivity index (χ0n) is 16.2. The highest BCUT2D eigenvalue weighted by Gasteiger charge is 2.19. The van der Waals surface area contributed by atoms with Gasteiger partial charge in [-0.3, -0.25) is 9.59 Å². The van der Waals surface area contributed by atoms with Crippen molar-refractivity contribution < 1.29 is 9.59 Å². The molecular weight excluding hydrogens is 372 g/mol. The lowest BCUT2D eigenvalue weighted by molar-refractivity contribution is 0.103. The maximum atomic E-state index is 13.0. The van der Waals surface area contributed by atoms with Gasteiger partial charge in [0.1, 0.15) is 0 Å². The molecule has 4 heteroatoms. The largest absolute Gasteiger partial charge is 0.398 e. The minimum absolute atomic E-state index is 0.0768. The second kappa shape index (κ2) is 8.05. The van der Waals surface area contributed by atoms with Crippen molar-refractivity contribution in [3.63, 3.8) is 0 Å². The van der Waals surface area contributed by atoms with Gasteiger partial charge in [0, 0.05) is 27.9 Å². The smallest absolute Gasteiger partial charge is 0.197 e. The minimum Gasteiger partial charge on any atom is -0.398 e. The summed E-state index contributed by atoms with van der Waals surface area (Å²) in [7, 11) is 0. The van der Waals surface area contributed by atoms with Crippen LogP contribution in [0.15, 0.2) is 97.1 Å². The van der Waals surface area contributed by atoms with Gasteiger partial charge < -0.3 is 11.5 Å².